The number of hydrogen-bond acceptors (Lipinski definition) is 5. The van der Waals surface area contributed by atoms with Crippen LogP contribution in [-0.2, 0) is 0 Å². The number of hydrogen-bond donors (Lipinski definition) is 1. The maximum absolute atomic E-state index is 5.95. The van der Waals surface area contributed by atoms with Gasteiger partial charge in [0.15, 0.2) is 0 Å². The first-order valence-electron chi connectivity index (χ1n) is 7.61. The van der Waals surface area contributed by atoms with Crippen molar-refractivity contribution >= 4 is 5.95 Å². The van der Waals surface area contributed by atoms with Crippen LogP contribution >= 0.6 is 0 Å². The Balaban J connectivity index is 2.23. The number of aromatic nitrogens is 2. The fraction of sp³-hybridized carbons (Fsp3) is 0.733. The molecule has 1 aliphatic rings. The molecule has 20 heavy (non-hydrogen) atoms. The molecule has 0 bridgehead atoms. The minimum atomic E-state index is 0.324. The zero-order valence-electron chi connectivity index (χ0n) is 12.8. The van der Waals surface area contributed by atoms with Crippen LogP contribution in [0, 0.1) is 12.8 Å². The van der Waals surface area contributed by atoms with Crippen molar-refractivity contribution in [3.63, 3.8) is 0 Å². The van der Waals surface area contributed by atoms with E-state index < -0.39 is 0 Å². The van der Waals surface area contributed by atoms with Crippen molar-refractivity contribution in [1.29, 1.82) is 0 Å². The number of rotatable bonds is 5. The number of nitrogens with zero attached hydrogens (tertiary/aromatic N) is 3. The molecule has 1 aliphatic heterocycles. The van der Waals surface area contributed by atoms with Gasteiger partial charge in [-0.15, -0.1) is 0 Å². The number of aryl methyl sites for hydroxylation is 1. The average molecular weight is 278 g/mol. The van der Waals surface area contributed by atoms with Gasteiger partial charge in [-0.3, -0.25) is 0 Å². The van der Waals surface area contributed by atoms with Gasteiger partial charge in [0.2, 0.25) is 11.8 Å². The van der Waals surface area contributed by atoms with Crippen LogP contribution in [0.4, 0.5) is 5.95 Å². The van der Waals surface area contributed by atoms with Crippen LogP contribution in [0.15, 0.2) is 6.07 Å². The Morgan fingerprint density at radius 3 is 2.95 bits per heavy atom. The number of anilines is 1. The number of nitrogens with two attached hydrogens (primary N) is 1. The maximum Gasteiger partial charge on any atom is 0.229 e. The van der Waals surface area contributed by atoms with E-state index in [1.54, 1.807) is 0 Å². The Morgan fingerprint density at radius 2 is 2.25 bits per heavy atom. The van der Waals surface area contributed by atoms with E-state index in [4.69, 9.17) is 10.5 Å². The summed E-state index contributed by atoms with van der Waals surface area (Å²) in [5.74, 6) is 2.01. The first-order valence-corrected chi connectivity index (χ1v) is 7.61. The van der Waals surface area contributed by atoms with Gasteiger partial charge in [0.05, 0.1) is 6.61 Å². The minimum absolute atomic E-state index is 0.324. The second-order valence-electron chi connectivity index (χ2n) is 5.61. The third-order valence-corrected chi connectivity index (χ3v) is 3.89. The second-order valence-corrected chi connectivity index (χ2v) is 5.61. The fourth-order valence-electron chi connectivity index (χ4n) is 2.79. The molecule has 2 atom stereocenters. The molecule has 2 heterocycles. The zero-order chi connectivity index (χ0) is 14.5. The van der Waals surface area contributed by atoms with Gasteiger partial charge in [-0.1, -0.05) is 13.8 Å². The second kappa shape index (κ2) is 6.88. The van der Waals surface area contributed by atoms with Gasteiger partial charge >= 0.3 is 0 Å². The van der Waals surface area contributed by atoms with Crippen LogP contribution in [0.2, 0.25) is 0 Å². The van der Waals surface area contributed by atoms with E-state index in [1.807, 2.05) is 13.0 Å². The Morgan fingerprint density at radius 1 is 1.45 bits per heavy atom. The van der Waals surface area contributed by atoms with Crippen molar-refractivity contribution in [3.05, 3.63) is 11.8 Å². The third-order valence-electron chi connectivity index (χ3n) is 3.89. The molecule has 1 aromatic heterocycles. The van der Waals surface area contributed by atoms with Gasteiger partial charge in [0.25, 0.3) is 0 Å². The van der Waals surface area contributed by atoms with Crippen LogP contribution in [0.5, 0.6) is 5.88 Å². The molecule has 2 unspecified atom stereocenters. The van der Waals surface area contributed by atoms with Gasteiger partial charge in [-0.05, 0) is 32.1 Å². The first kappa shape index (κ1) is 15.0. The molecule has 112 valence electrons. The lowest BCUT2D eigenvalue weighted by Crippen LogP contribution is -2.49. The molecule has 0 radical (unpaired) electrons. The van der Waals surface area contributed by atoms with Crippen LogP contribution in [0.1, 0.15) is 38.8 Å². The number of ether oxygens (including phenoxy) is 1. The smallest absolute Gasteiger partial charge is 0.229 e. The molecule has 0 aromatic carbocycles. The van der Waals surface area contributed by atoms with Crippen molar-refractivity contribution < 1.29 is 4.74 Å². The summed E-state index contributed by atoms with van der Waals surface area (Å²) in [6.07, 6.45) is 3.37. The van der Waals surface area contributed by atoms with Gasteiger partial charge in [-0.25, -0.2) is 4.98 Å². The normalized spacial score (nSPS) is 22.9. The Labute approximate surface area is 121 Å². The highest BCUT2D eigenvalue weighted by Crippen LogP contribution is 2.27. The largest absolute Gasteiger partial charge is 0.478 e. The van der Waals surface area contributed by atoms with Gasteiger partial charge in [0, 0.05) is 30.9 Å². The molecule has 5 heteroatoms. The highest BCUT2D eigenvalue weighted by molar-refractivity contribution is 5.37. The third kappa shape index (κ3) is 3.39. The summed E-state index contributed by atoms with van der Waals surface area (Å²) >= 11 is 0. The molecule has 0 aliphatic carbocycles. The fourth-order valence-corrected chi connectivity index (χ4v) is 2.79. The van der Waals surface area contributed by atoms with E-state index >= 15 is 0 Å². The summed E-state index contributed by atoms with van der Waals surface area (Å²) in [6.45, 7) is 8.63. The Kier molecular flexibility index (Phi) is 5.17. The number of piperidine rings is 1. The molecule has 2 rings (SSSR count). The quantitative estimate of drug-likeness (QED) is 0.894. The molecular weight excluding hydrogens is 252 g/mol. The van der Waals surface area contributed by atoms with Crippen molar-refractivity contribution in [2.75, 3.05) is 24.6 Å². The van der Waals surface area contributed by atoms with Crippen LogP contribution in [0.3, 0.4) is 0 Å². The highest BCUT2D eigenvalue weighted by Gasteiger charge is 2.29. The summed E-state index contributed by atoms with van der Waals surface area (Å²) in [4.78, 5) is 11.4. The van der Waals surface area contributed by atoms with Crippen molar-refractivity contribution in [2.45, 2.75) is 46.1 Å². The molecule has 0 amide bonds. The lowest BCUT2D eigenvalue weighted by Gasteiger charge is -2.39. The molecule has 5 nitrogen and oxygen atoms in total. The van der Waals surface area contributed by atoms with E-state index in [0.717, 1.165) is 24.6 Å². The van der Waals surface area contributed by atoms with E-state index in [2.05, 4.69) is 28.7 Å². The Bertz CT molecular complexity index is 438. The van der Waals surface area contributed by atoms with Crippen molar-refractivity contribution in [1.82, 2.24) is 9.97 Å². The lowest BCUT2D eigenvalue weighted by molar-refractivity contribution is 0.302. The summed E-state index contributed by atoms with van der Waals surface area (Å²) in [5.41, 5.74) is 6.89. The van der Waals surface area contributed by atoms with Crippen LogP contribution in [0.25, 0.3) is 0 Å². The zero-order valence-corrected chi connectivity index (χ0v) is 12.8. The lowest BCUT2D eigenvalue weighted by atomic mass is 9.91. The predicted molar refractivity (Wildman–Crippen MR) is 81.1 cm³/mol. The summed E-state index contributed by atoms with van der Waals surface area (Å²) in [5, 5.41) is 0. The standard InChI is InChI=1S/C15H26N4O/c1-4-8-20-14-9-12(3)17-15(18-14)19-7-5-6-11(2)13(19)10-16/h9,11,13H,4-8,10,16H2,1-3H3. The summed E-state index contributed by atoms with van der Waals surface area (Å²) in [7, 11) is 0. The van der Waals surface area contributed by atoms with Gasteiger partial charge in [0.1, 0.15) is 0 Å². The van der Waals surface area contributed by atoms with E-state index in [-0.39, 0.29) is 0 Å². The predicted octanol–water partition coefficient (Wildman–Crippen LogP) is 2.14. The summed E-state index contributed by atoms with van der Waals surface area (Å²) < 4.78 is 5.65. The van der Waals surface area contributed by atoms with Gasteiger partial charge < -0.3 is 15.4 Å². The van der Waals surface area contributed by atoms with E-state index in [1.165, 1.54) is 12.8 Å². The first-order chi connectivity index (χ1) is 9.65. The van der Waals surface area contributed by atoms with E-state index in [0.29, 0.717) is 31.0 Å². The molecule has 1 fully saturated rings. The van der Waals surface area contributed by atoms with Crippen LogP contribution < -0.4 is 15.4 Å². The minimum Gasteiger partial charge on any atom is -0.478 e. The molecule has 1 saturated heterocycles. The monoisotopic (exact) mass is 278 g/mol. The molecule has 1 aromatic rings. The van der Waals surface area contributed by atoms with Crippen LogP contribution in [-0.4, -0.2) is 35.7 Å². The highest BCUT2D eigenvalue weighted by atomic mass is 16.5. The SMILES string of the molecule is CCCOc1cc(C)nc(N2CCCC(C)C2CN)n1. The molecular formula is C15H26N4O. The van der Waals surface area contributed by atoms with Crippen molar-refractivity contribution in [2.24, 2.45) is 11.7 Å². The molecule has 0 saturated carbocycles. The molecule has 0 spiro atoms. The average Bonchev–Trinajstić information content (AvgIpc) is 2.44. The Hall–Kier alpha value is -1.36. The molecule has 2 N–H and O–H groups in total. The van der Waals surface area contributed by atoms with Gasteiger partial charge in [-0.2, -0.15) is 4.98 Å². The van der Waals surface area contributed by atoms with E-state index in [9.17, 15) is 0 Å². The van der Waals surface area contributed by atoms with Crippen molar-refractivity contribution in [3.8, 4) is 5.88 Å². The summed E-state index contributed by atoms with van der Waals surface area (Å²) in [6, 6.07) is 2.22. The topological polar surface area (TPSA) is 64.3 Å². The maximum atomic E-state index is 5.95.